The van der Waals surface area contributed by atoms with E-state index in [9.17, 15) is 0 Å². The Bertz CT molecular complexity index is 523. The fourth-order valence-corrected chi connectivity index (χ4v) is 2.29. The summed E-state index contributed by atoms with van der Waals surface area (Å²) in [5, 5.41) is 3.24. The summed E-state index contributed by atoms with van der Waals surface area (Å²) in [7, 11) is 0. The molecule has 0 radical (unpaired) electrons. The molecule has 3 rings (SSSR count). The van der Waals surface area contributed by atoms with Gasteiger partial charge in [-0.25, -0.2) is 15.0 Å². The van der Waals surface area contributed by atoms with Gasteiger partial charge in [-0.2, -0.15) is 0 Å². The van der Waals surface area contributed by atoms with Crippen LogP contribution in [0.4, 0.5) is 0 Å². The first kappa shape index (κ1) is 20.1. The molecule has 5 nitrogen and oxygen atoms in total. The topological polar surface area (TPSA) is 67.6 Å². The van der Waals surface area contributed by atoms with Crippen LogP contribution in [0.3, 0.4) is 0 Å². The molecular weight excluding hydrogens is 320 g/mol. The minimum absolute atomic E-state index is 0.407. The predicted octanol–water partition coefficient (Wildman–Crippen LogP) is 5.60. The van der Waals surface area contributed by atoms with Crippen molar-refractivity contribution in [2.75, 3.05) is 0 Å². The molecule has 1 N–H and O–H groups in total. The van der Waals surface area contributed by atoms with E-state index in [1.54, 1.807) is 30.0 Å². The second-order valence-electron chi connectivity index (χ2n) is 6.18. The van der Waals surface area contributed by atoms with Gasteiger partial charge in [0.25, 0.3) is 0 Å². The molecule has 0 atom stereocenters. The van der Waals surface area contributed by atoms with Crippen LogP contribution in [0.25, 0.3) is 0 Å². The zero-order valence-electron chi connectivity index (χ0n) is 15.4. The summed E-state index contributed by atoms with van der Waals surface area (Å²) in [5.41, 5.74) is 0. The highest BCUT2D eigenvalue weighted by atomic mass is 32.1. The summed E-state index contributed by atoms with van der Waals surface area (Å²) < 4.78 is 4.98. The number of H-pyrrole nitrogens is 1. The molecular formula is C18H28N4OS. The molecule has 132 valence electrons. The molecule has 24 heavy (non-hydrogen) atoms. The molecule has 0 aliphatic heterocycles. The number of hydrogen-bond donors (Lipinski definition) is 1. The second-order valence-corrected chi connectivity index (χ2v) is 7.11. The number of rotatable bonds is 3. The Balaban J connectivity index is 0.000000180. The predicted molar refractivity (Wildman–Crippen MR) is 99.5 cm³/mol. The third-order valence-corrected chi connectivity index (χ3v) is 4.03. The standard InChI is InChI=1S/C6H10N2.C6H9NO.C6H9NS/c3*1-5(2)6-7-3-4-8-6/h3-5H,1-2H3,(H,7,8);2*3-5H,1-2H3. The summed E-state index contributed by atoms with van der Waals surface area (Å²) in [6.07, 6.45) is 8.72. The van der Waals surface area contributed by atoms with Crippen LogP contribution in [-0.4, -0.2) is 19.9 Å². The minimum Gasteiger partial charge on any atom is -0.449 e. The molecule has 0 saturated carbocycles. The summed E-state index contributed by atoms with van der Waals surface area (Å²) in [6, 6.07) is 0. The lowest BCUT2D eigenvalue weighted by atomic mass is 10.2. The summed E-state index contributed by atoms with van der Waals surface area (Å²) >= 11 is 1.72. The second kappa shape index (κ2) is 10.8. The van der Waals surface area contributed by atoms with Gasteiger partial charge in [0.1, 0.15) is 12.1 Å². The Morgan fingerprint density at radius 1 is 0.875 bits per heavy atom. The van der Waals surface area contributed by atoms with E-state index >= 15 is 0 Å². The van der Waals surface area contributed by atoms with E-state index in [0.717, 1.165) is 11.7 Å². The Labute approximate surface area is 148 Å². The number of hydrogen-bond acceptors (Lipinski definition) is 5. The van der Waals surface area contributed by atoms with Gasteiger partial charge in [-0.05, 0) is 0 Å². The van der Waals surface area contributed by atoms with E-state index in [1.807, 2.05) is 31.6 Å². The first-order valence-electron chi connectivity index (χ1n) is 8.19. The molecule has 0 fully saturated rings. The quantitative estimate of drug-likeness (QED) is 0.669. The van der Waals surface area contributed by atoms with Crippen LogP contribution >= 0.6 is 11.3 Å². The zero-order chi connectivity index (χ0) is 17.9. The summed E-state index contributed by atoms with van der Waals surface area (Å²) in [6.45, 7) is 12.6. The van der Waals surface area contributed by atoms with Crippen molar-refractivity contribution in [3.63, 3.8) is 0 Å². The maximum atomic E-state index is 4.98. The monoisotopic (exact) mass is 348 g/mol. The van der Waals surface area contributed by atoms with Crippen molar-refractivity contribution in [2.24, 2.45) is 0 Å². The Kier molecular flexibility index (Phi) is 9.01. The van der Waals surface area contributed by atoms with Crippen LogP contribution in [0.1, 0.15) is 76.0 Å². The van der Waals surface area contributed by atoms with Crippen LogP contribution in [0.2, 0.25) is 0 Å². The fourth-order valence-electron chi connectivity index (χ4n) is 1.63. The number of aromatic amines is 1. The molecule has 0 aromatic carbocycles. The van der Waals surface area contributed by atoms with Crippen LogP contribution in [0.15, 0.2) is 40.8 Å². The van der Waals surface area contributed by atoms with Gasteiger partial charge in [-0.1, -0.05) is 41.5 Å². The van der Waals surface area contributed by atoms with Gasteiger partial charge in [0, 0.05) is 41.7 Å². The number of nitrogens with zero attached hydrogens (tertiary/aromatic N) is 3. The molecule has 0 unspecified atom stereocenters. The minimum atomic E-state index is 0.407. The van der Waals surface area contributed by atoms with E-state index < -0.39 is 0 Å². The van der Waals surface area contributed by atoms with E-state index in [4.69, 9.17) is 4.42 Å². The van der Waals surface area contributed by atoms with Crippen molar-refractivity contribution in [3.05, 3.63) is 53.2 Å². The lowest BCUT2D eigenvalue weighted by molar-refractivity contribution is 0.471. The highest BCUT2D eigenvalue weighted by molar-refractivity contribution is 7.09. The molecule has 3 aromatic rings. The van der Waals surface area contributed by atoms with Gasteiger partial charge in [-0.15, -0.1) is 11.3 Å². The van der Waals surface area contributed by atoms with Crippen molar-refractivity contribution < 1.29 is 4.42 Å². The molecule has 0 aliphatic carbocycles. The molecule has 3 heterocycles. The molecule has 0 spiro atoms. The van der Waals surface area contributed by atoms with Crippen molar-refractivity contribution in [2.45, 2.75) is 59.3 Å². The number of nitrogens with one attached hydrogen (secondary N) is 1. The molecule has 0 aliphatic rings. The van der Waals surface area contributed by atoms with Gasteiger partial charge in [0.2, 0.25) is 0 Å². The number of aromatic nitrogens is 4. The van der Waals surface area contributed by atoms with E-state index in [2.05, 4.69) is 47.6 Å². The Morgan fingerprint density at radius 2 is 1.62 bits per heavy atom. The van der Waals surface area contributed by atoms with Crippen molar-refractivity contribution in [1.82, 2.24) is 19.9 Å². The van der Waals surface area contributed by atoms with Gasteiger partial charge < -0.3 is 9.40 Å². The highest BCUT2D eigenvalue weighted by Gasteiger charge is 2.00. The van der Waals surface area contributed by atoms with Crippen LogP contribution in [0, 0.1) is 0 Å². The normalized spacial score (nSPS) is 10.4. The van der Waals surface area contributed by atoms with E-state index in [-0.39, 0.29) is 0 Å². The van der Waals surface area contributed by atoms with Gasteiger partial charge in [0.15, 0.2) is 5.89 Å². The van der Waals surface area contributed by atoms with E-state index in [0.29, 0.717) is 17.8 Å². The lowest BCUT2D eigenvalue weighted by Crippen LogP contribution is -1.87. The van der Waals surface area contributed by atoms with Gasteiger partial charge in [0.05, 0.1) is 11.2 Å². The smallest absolute Gasteiger partial charge is 0.196 e. The Morgan fingerprint density at radius 3 is 1.88 bits per heavy atom. The first-order valence-corrected chi connectivity index (χ1v) is 9.07. The van der Waals surface area contributed by atoms with E-state index in [1.165, 1.54) is 5.01 Å². The molecule has 6 heteroatoms. The third kappa shape index (κ3) is 7.55. The first-order chi connectivity index (χ1) is 11.4. The molecule has 3 aromatic heterocycles. The highest BCUT2D eigenvalue weighted by Crippen LogP contribution is 2.15. The van der Waals surface area contributed by atoms with Crippen LogP contribution < -0.4 is 0 Å². The lowest BCUT2D eigenvalue weighted by Gasteiger charge is -1.95. The average Bonchev–Trinajstić information content (AvgIpc) is 3.29. The van der Waals surface area contributed by atoms with Crippen LogP contribution in [0.5, 0.6) is 0 Å². The van der Waals surface area contributed by atoms with Crippen molar-refractivity contribution >= 4 is 11.3 Å². The van der Waals surface area contributed by atoms with Crippen molar-refractivity contribution in [3.8, 4) is 0 Å². The Hall–Kier alpha value is -1.95. The average molecular weight is 349 g/mol. The molecule has 0 saturated heterocycles. The van der Waals surface area contributed by atoms with Crippen molar-refractivity contribution in [1.29, 1.82) is 0 Å². The summed E-state index contributed by atoms with van der Waals surface area (Å²) in [4.78, 5) is 15.2. The fraction of sp³-hybridized carbons (Fsp3) is 0.500. The van der Waals surface area contributed by atoms with Gasteiger partial charge in [-0.3, -0.25) is 0 Å². The molecule has 0 bridgehead atoms. The maximum absolute atomic E-state index is 4.98. The number of thiazole rings is 1. The SMILES string of the molecule is CC(C)c1ncc[nH]1.CC(C)c1ncco1.CC(C)c1nccs1. The number of imidazole rings is 1. The van der Waals surface area contributed by atoms with Gasteiger partial charge >= 0.3 is 0 Å². The third-order valence-electron chi connectivity index (χ3n) is 2.96. The molecule has 0 amide bonds. The summed E-state index contributed by atoms with van der Waals surface area (Å²) in [5.74, 6) is 3.39. The number of oxazole rings is 1. The van der Waals surface area contributed by atoms with Crippen LogP contribution in [-0.2, 0) is 0 Å². The zero-order valence-corrected chi connectivity index (χ0v) is 16.2. The largest absolute Gasteiger partial charge is 0.449 e. The maximum Gasteiger partial charge on any atom is 0.196 e.